The maximum absolute atomic E-state index is 11.7. The van der Waals surface area contributed by atoms with Crippen molar-refractivity contribution in [3.05, 3.63) is 51.7 Å². The number of thiophene rings is 1. The van der Waals surface area contributed by atoms with Gasteiger partial charge in [0.25, 0.3) is 5.91 Å². The molecule has 0 bridgehead atoms. The van der Waals surface area contributed by atoms with Crippen LogP contribution in [0.4, 0.5) is 0 Å². The van der Waals surface area contributed by atoms with Crippen molar-refractivity contribution in [1.82, 2.24) is 5.43 Å². The summed E-state index contributed by atoms with van der Waals surface area (Å²) >= 11 is 1.58. The summed E-state index contributed by atoms with van der Waals surface area (Å²) in [5.41, 5.74) is 4.70. The highest BCUT2D eigenvalue weighted by atomic mass is 32.1. The van der Waals surface area contributed by atoms with Crippen LogP contribution in [0.3, 0.4) is 0 Å². The Morgan fingerprint density at radius 1 is 1.38 bits per heavy atom. The third-order valence-electron chi connectivity index (χ3n) is 2.99. The second-order valence-electron chi connectivity index (χ2n) is 4.51. The van der Waals surface area contributed by atoms with E-state index in [1.807, 2.05) is 42.6 Å². The van der Waals surface area contributed by atoms with Gasteiger partial charge in [-0.1, -0.05) is 25.1 Å². The van der Waals surface area contributed by atoms with E-state index in [0.29, 0.717) is 0 Å². The van der Waals surface area contributed by atoms with E-state index in [9.17, 15) is 4.79 Å². The normalized spacial score (nSPS) is 10.8. The second-order valence-corrected chi connectivity index (χ2v) is 5.46. The molecule has 0 saturated heterocycles. The van der Waals surface area contributed by atoms with Gasteiger partial charge in [-0.3, -0.25) is 4.79 Å². The summed E-state index contributed by atoms with van der Waals surface area (Å²) in [7, 11) is 0. The van der Waals surface area contributed by atoms with E-state index in [2.05, 4.69) is 17.5 Å². The van der Waals surface area contributed by atoms with Gasteiger partial charge in [-0.2, -0.15) is 5.10 Å². The maximum Gasteiger partial charge on any atom is 0.277 e. The molecule has 0 radical (unpaired) electrons. The van der Waals surface area contributed by atoms with Gasteiger partial charge in [-0.25, -0.2) is 5.43 Å². The molecule has 21 heavy (non-hydrogen) atoms. The number of nitrogens with one attached hydrogen (secondary N) is 1. The van der Waals surface area contributed by atoms with Gasteiger partial charge in [-0.15, -0.1) is 11.3 Å². The number of rotatable bonds is 6. The van der Waals surface area contributed by atoms with Crippen LogP contribution in [0.1, 0.15) is 22.9 Å². The SMILES string of the molecule is CCc1ccccc1OCC(=O)N/N=C/c1sccc1C. The Hall–Kier alpha value is -2.14. The van der Waals surface area contributed by atoms with Crippen molar-refractivity contribution < 1.29 is 9.53 Å². The van der Waals surface area contributed by atoms with Crippen molar-refractivity contribution >= 4 is 23.5 Å². The number of carbonyl (C=O) groups is 1. The topological polar surface area (TPSA) is 50.7 Å². The highest BCUT2D eigenvalue weighted by molar-refractivity contribution is 7.11. The first-order chi connectivity index (χ1) is 10.2. The van der Waals surface area contributed by atoms with Gasteiger partial charge < -0.3 is 4.74 Å². The van der Waals surface area contributed by atoms with Crippen LogP contribution >= 0.6 is 11.3 Å². The zero-order valence-electron chi connectivity index (χ0n) is 12.1. The molecule has 1 aromatic heterocycles. The Bertz CT molecular complexity index is 635. The molecule has 0 aliphatic rings. The van der Waals surface area contributed by atoms with Crippen LogP contribution in [-0.4, -0.2) is 18.7 Å². The molecule has 0 saturated carbocycles. The summed E-state index contributed by atoms with van der Waals surface area (Å²) in [5.74, 6) is 0.472. The van der Waals surface area contributed by atoms with Crippen molar-refractivity contribution in [2.45, 2.75) is 20.3 Å². The summed E-state index contributed by atoms with van der Waals surface area (Å²) in [4.78, 5) is 12.7. The molecule has 1 N–H and O–H groups in total. The Kier molecular flexibility index (Phi) is 5.51. The minimum absolute atomic E-state index is 0.0439. The lowest BCUT2D eigenvalue weighted by molar-refractivity contribution is -0.123. The number of ether oxygens (including phenoxy) is 1. The van der Waals surface area contributed by atoms with Crippen LogP contribution in [-0.2, 0) is 11.2 Å². The van der Waals surface area contributed by atoms with E-state index >= 15 is 0 Å². The van der Waals surface area contributed by atoms with Crippen molar-refractivity contribution in [1.29, 1.82) is 0 Å². The van der Waals surface area contributed by atoms with Gasteiger partial charge in [0, 0.05) is 4.88 Å². The maximum atomic E-state index is 11.7. The van der Waals surface area contributed by atoms with Crippen LogP contribution in [0, 0.1) is 6.92 Å². The highest BCUT2D eigenvalue weighted by Gasteiger charge is 2.04. The van der Waals surface area contributed by atoms with E-state index in [-0.39, 0.29) is 12.5 Å². The monoisotopic (exact) mass is 302 g/mol. The number of hydrogen-bond acceptors (Lipinski definition) is 4. The van der Waals surface area contributed by atoms with Crippen LogP contribution in [0.25, 0.3) is 0 Å². The van der Waals surface area contributed by atoms with E-state index in [4.69, 9.17) is 4.74 Å². The fraction of sp³-hybridized carbons (Fsp3) is 0.250. The number of benzene rings is 1. The molecule has 2 rings (SSSR count). The number of hydrogen-bond donors (Lipinski definition) is 1. The van der Waals surface area contributed by atoms with Crippen LogP contribution in [0.2, 0.25) is 0 Å². The molecule has 5 heteroatoms. The van der Waals surface area contributed by atoms with Crippen LogP contribution < -0.4 is 10.2 Å². The van der Waals surface area contributed by atoms with E-state index in [0.717, 1.165) is 28.2 Å². The molecular formula is C16H18N2O2S. The molecule has 1 amide bonds. The molecule has 0 unspecified atom stereocenters. The largest absolute Gasteiger partial charge is 0.483 e. The lowest BCUT2D eigenvalue weighted by Crippen LogP contribution is -2.24. The third-order valence-corrected chi connectivity index (χ3v) is 3.94. The molecule has 1 aromatic carbocycles. The lowest BCUT2D eigenvalue weighted by atomic mass is 10.1. The highest BCUT2D eigenvalue weighted by Crippen LogP contribution is 2.17. The second kappa shape index (κ2) is 7.59. The third kappa shape index (κ3) is 4.43. The lowest BCUT2D eigenvalue weighted by Gasteiger charge is -2.08. The first-order valence-electron chi connectivity index (χ1n) is 6.77. The van der Waals surface area contributed by atoms with Gasteiger partial charge >= 0.3 is 0 Å². The summed E-state index contributed by atoms with van der Waals surface area (Å²) in [6, 6.07) is 9.72. The zero-order chi connectivity index (χ0) is 15.1. The Morgan fingerprint density at radius 3 is 2.90 bits per heavy atom. The molecule has 0 fully saturated rings. The first-order valence-corrected chi connectivity index (χ1v) is 7.65. The standard InChI is InChI=1S/C16H18N2O2S/c1-3-13-6-4-5-7-14(13)20-11-16(19)18-17-10-15-12(2)8-9-21-15/h4-10H,3,11H2,1-2H3,(H,18,19)/b17-10+. The predicted octanol–water partition coefficient (Wildman–Crippen LogP) is 3.15. The van der Waals surface area contributed by atoms with E-state index < -0.39 is 0 Å². The summed E-state index contributed by atoms with van der Waals surface area (Å²) < 4.78 is 5.52. The van der Waals surface area contributed by atoms with Gasteiger partial charge in [0.1, 0.15) is 5.75 Å². The average molecular weight is 302 g/mol. The molecule has 110 valence electrons. The molecule has 4 nitrogen and oxygen atoms in total. The Labute approximate surface area is 128 Å². The molecular weight excluding hydrogens is 284 g/mol. The van der Waals surface area contributed by atoms with Crippen molar-refractivity contribution in [3.63, 3.8) is 0 Å². The fourth-order valence-electron chi connectivity index (χ4n) is 1.79. The van der Waals surface area contributed by atoms with Crippen LogP contribution in [0.15, 0.2) is 40.8 Å². The Balaban J connectivity index is 1.82. The summed E-state index contributed by atoms with van der Waals surface area (Å²) in [5, 5.41) is 5.92. The summed E-state index contributed by atoms with van der Waals surface area (Å²) in [6.07, 6.45) is 2.52. The number of amides is 1. The molecule has 0 atom stereocenters. The quantitative estimate of drug-likeness (QED) is 0.658. The minimum Gasteiger partial charge on any atom is -0.483 e. The van der Waals surface area contributed by atoms with Gasteiger partial charge in [-0.05, 0) is 42.0 Å². The molecule has 2 aromatic rings. The van der Waals surface area contributed by atoms with Crippen LogP contribution in [0.5, 0.6) is 5.75 Å². The van der Waals surface area contributed by atoms with E-state index in [1.54, 1.807) is 17.6 Å². The predicted molar refractivity (Wildman–Crippen MR) is 86.1 cm³/mol. The van der Waals surface area contributed by atoms with Gasteiger partial charge in [0.05, 0.1) is 6.21 Å². The molecule has 0 spiro atoms. The number of aryl methyl sites for hydroxylation is 2. The molecule has 0 aliphatic heterocycles. The summed E-state index contributed by atoms with van der Waals surface area (Å²) in [6.45, 7) is 4.01. The van der Waals surface area contributed by atoms with Gasteiger partial charge in [0.15, 0.2) is 6.61 Å². The number of nitrogens with zero attached hydrogens (tertiary/aromatic N) is 1. The fourth-order valence-corrected chi connectivity index (χ4v) is 2.58. The number of carbonyl (C=O) groups excluding carboxylic acids is 1. The van der Waals surface area contributed by atoms with Gasteiger partial charge in [0.2, 0.25) is 0 Å². The Morgan fingerprint density at radius 2 is 2.19 bits per heavy atom. The zero-order valence-corrected chi connectivity index (χ0v) is 12.9. The van der Waals surface area contributed by atoms with E-state index in [1.165, 1.54) is 0 Å². The number of hydrazone groups is 1. The van der Waals surface area contributed by atoms with Crippen molar-refractivity contribution in [3.8, 4) is 5.75 Å². The molecule has 0 aliphatic carbocycles. The van der Waals surface area contributed by atoms with Crippen molar-refractivity contribution in [2.75, 3.05) is 6.61 Å². The first kappa shape index (κ1) is 15.3. The molecule has 1 heterocycles. The average Bonchev–Trinajstić information content (AvgIpc) is 2.91. The number of para-hydroxylation sites is 1. The minimum atomic E-state index is -0.272. The smallest absolute Gasteiger partial charge is 0.277 e. The van der Waals surface area contributed by atoms with Crippen molar-refractivity contribution in [2.24, 2.45) is 5.10 Å².